The minimum atomic E-state index is -0.938. The van der Waals surface area contributed by atoms with Crippen molar-refractivity contribution in [2.24, 2.45) is 11.3 Å². The van der Waals surface area contributed by atoms with Gasteiger partial charge in [0.15, 0.2) is 0 Å². The number of hydrogen-bond donors (Lipinski definition) is 2. The monoisotopic (exact) mass is 478 g/mol. The number of aliphatic carboxylic acids is 1. The Kier molecular flexibility index (Phi) is 7.15. The molecule has 7 nitrogen and oxygen atoms in total. The molecule has 2 amide bonds. The molecule has 2 aliphatic rings. The van der Waals surface area contributed by atoms with Crippen LogP contribution in [-0.2, 0) is 14.3 Å². The first-order valence-electron chi connectivity index (χ1n) is 12.3. The van der Waals surface area contributed by atoms with E-state index >= 15 is 0 Å². The van der Waals surface area contributed by atoms with E-state index in [4.69, 9.17) is 4.74 Å². The molecule has 3 unspecified atom stereocenters. The number of carbonyl (C=O) groups is 3. The second kappa shape index (κ2) is 10.1. The summed E-state index contributed by atoms with van der Waals surface area (Å²) in [6.07, 6.45) is 2.57. The minimum Gasteiger partial charge on any atom is -0.481 e. The van der Waals surface area contributed by atoms with Gasteiger partial charge < -0.3 is 20.1 Å². The molecular weight excluding hydrogens is 444 g/mol. The number of fused-ring (bicyclic) bond motifs is 3. The SMILES string of the molecule is CC(CN(C)C(=O)C1(C)CCCCC1NC(=O)OCC1c2ccccc2-c2ccccc21)C(=O)O. The molecule has 0 bridgehead atoms. The highest BCUT2D eigenvalue weighted by Gasteiger charge is 2.45. The lowest BCUT2D eigenvalue weighted by atomic mass is 9.70. The van der Waals surface area contributed by atoms with Crippen LogP contribution >= 0.6 is 0 Å². The van der Waals surface area contributed by atoms with Gasteiger partial charge >= 0.3 is 12.1 Å². The van der Waals surface area contributed by atoms with Crippen LogP contribution in [-0.4, -0.2) is 54.2 Å². The van der Waals surface area contributed by atoms with Crippen LogP contribution in [0.5, 0.6) is 0 Å². The Morgan fingerprint density at radius 1 is 1.09 bits per heavy atom. The van der Waals surface area contributed by atoms with Crippen LogP contribution in [0.1, 0.15) is 56.6 Å². The summed E-state index contributed by atoms with van der Waals surface area (Å²) in [6.45, 7) is 3.79. The zero-order valence-electron chi connectivity index (χ0n) is 20.6. The van der Waals surface area contributed by atoms with Gasteiger partial charge in [-0.1, -0.05) is 68.3 Å². The van der Waals surface area contributed by atoms with Crippen molar-refractivity contribution in [2.75, 3.05) is 20.2 Å². The summed E-state index contributed by atoms with van der Waals surface area (Å²) in [7, 11) is 1.63. The molecule has 35 heavy (non-hydrogen) atoms. The predicted octanol–water partition coefficient (Wildman–Crippen LogP) is 4.65. The average molecular weight is 479 g/mol. The highest BCUT2D eigenvalue weighted by atomic mass is 16.5. The van der Waals surface area contributed by atoms with Crippen molar-refractivity contribution in [1.82, 2.24) is 10.2 Å². The van der Waals surface area contributed by atoms with Crippen LogP contribution in [0.15, 0.2) is 48.5 Å². The first kappa shape index (κ1) is 24.8. The third kappa shape index (κ3) is 4.90. The average Bonchev–Trinajstić information content (AvgIpc) is 3.17. The molecule has 186 valence electrons. The van der Waals surface area contributed by atoms with Gasteiger partial charge in [-0.25, -0.2) is 4.79 Å². The molecule has 0 heterocycles. The van der Waals surface area contributed by atoms with Crippen LogP contribution in [0.3, 0.4) is 0 Å². The number of carboxylic acid groups (broad SMARTS) is 1. The minimum absolute atomic E-state index is 0.0313. The molecule has 0 saturated heterocycles. The van der Waals surface area contributed by atoms with E-state index in [1.165, 1.54) is 16.0 Å². The van der Waals surface area contributed by atoms with E-state index in [2.05, 4.69) is 29.6 Å². The Bertz CT molecular complexity index is 1070. The summed E-state index contributed by atoms with van der Waals surface area (Å²) in [5.74, 6) is -1.78. The molecule has 0 radical (unpaired) electrons. The second-order valence-corrected chi connectivity index (χ2v) is 10.1. The number of benzene rings is 2. The molecule has 0 aliphatic heterocycles. The van der Waals surface area contributed by atoms with E-state index in [1.807, 2.05) is 31.2 Å². The van der Waals surface area contributed by atoms with Gasteiger partial charge in [-0.15, -0.1) is 0 Å². The first-order valence-corrected chi connectivity index (χ1v) is 12.3. The first-order chi connectivity index (χ1) is 16.7. The highest BCUT2D eigenvalue weighted by molar-refractivity contribution is 5.84. The van der Waals surface area contributed by atoms with Gasteiger partial charge in [-0.2, -0.15) is 0 Å². The summed E-state index contributed by atoms with van der Waals surface area (Å²) >= 11 is 0. The van der Waals surface area contributed by atoms with Crippen molar-refractivity contribution in [3.63, 3.8) is 0 Å². The van der Waals surface area contributed by atoms with E-state index in [-0.39, 0.29) is 31.0 Å². The van der Waals surface area contributed by atoms with Gasteiger partial charge in [-0.05, 0) is 42.0 Å². The van der Waals surface area contributed by atoms with E-state index in [9.17, 15) is 19.5 Å². The van der Waals surface area contributed by atoms with Crippen LogP contribution in [0, 0.1) is 11.3 Å². The molecule has 7 heteroatoms. The highest BCUT2D eigenvalue weighted by Crippen LogP contribution is 2.44. The van der Waals surface area contributed by atoms with Crippen LogP contribution in [0.25, 0.3) is 11.1 Å². The van der Waals surface area contributed by atoms with Crippen molar-refractivity contribution < 1.29 is 24.2 Å². The number of carbonyl (C=O) groups excluding carboxylic acids is 2. The lowest BCUT2D eigenvalue weighted by Crippen LogP contribution is -2.56. The van der Waals surface area contributed by atoms with E-state index in [0.29, 0.717) is 12.8 Å². The van der Waals surface area contributed by atoms with Crippen molar-refractivity contribution in [1.29, 1.82) is 0 Å². The summed E-state index contributed by atoms with van der Waals surface area (Å²) in [5.41, 5.74) is 3.82. The fraction of sp³-hybridized carbons (Fsp3) is 0.464. The molecule has 1 fully saturated rings. The smallest absolute Gasteiger partial charge is 0.407 e. The largest absolute Gasteiger partial charge is 0.481 e. The molecule has 0 spiro atoms. The summed E-state index contributed by atoms with van der Waals surface area (Å²) < 4.78 is 5.72. The number of nitrogens with one attached hydrogen (secondary N) is 1. The predicted molar refractivity (Wildman–Crippen MR) is 133 cm³/mol. The maximum atomic E-state index is 13.4. The van der Waals surface area contributed by atoms with Crippen molar-refractivity contribution in [3.05, 3.63) is 59.7 Å². The fourth-order valence-electron chi connectivity index (χ4n) is 5.61. The summed E-state index contributed by atoms with van der Waals surface area (Å²) in [4.78, 5) is 39.0. The lowest BCUT2D eigenvalue weighted by Gasteiger charge is -2.42. The molecule has 0 aromatic heterocycles. The van der Waals surface area contributed by atoms with Crippen molar-refractivity contribution in [2.45, 2.75) is 51.5 Å². The number of amides is 2. The Labute approximate surface area is 206 Å². The van der Waals surface area contributed by atoms with Gasteiger partial charge in [0.1, 0.15) is 6.61 Å². The molecule has 2 N–H and O–H groups in total. The number of hydrogen-bond acceptors (Lipinski definition) is 4. The van der Waals surface area contributed by atoms with Crippen LogP contribution in [0.2, 0.25) is 0 Å². The van der Waals surface area contributed by atoms with Gasteiger partial charge in [-0.3, -0.25) is 9.59 Å². The van der Waals surface area contributed by atoms with E-state index in [1.54, 1.807) is 14.0 Å². The van der Waals surface area contributed by atoms with Crippen molar-refractivity contribution in [3.8, 4) is 11.1 Å². The molecular formula is C28H34N2O5. The summed E-state index contributed by atoms with van der Waals surface area (Å²) in [6, 6.07) is 16.0. The number of nitrogens with zero attached hydrogens (tertiary/aromatic N) is 1. The normalized spacial score (nSPS) is 22.0. The van der Waals surface area contributed by atoms with Crippen LogP contribution in [0.4, 0.5) is 4.79 Å². The fourth-order valence-corrected chi connectivity index (χ4v) is 5.61. The standard InChI is InChI=1S/C28H34N2O5/c1-18(25(31)32)16-30(3)26(33)28(2)15-9-8-14-24(28)29-27(34)35-17-23-21-12-6-4-10-19(21)20-11-5-7-13-22(20)23/h4-7,10-13,18,23-24H,8-9,14-17H2,1-3H3,(H,29,34)(H,31,32). The molecule has 3 atom stereocenters. The molecule has 2 aromatic rings. The molecule has 2 aromatic carbocycles. The van der Waals surface area contributed by atoms with E-state index in [0.717, 1.165) is 24.0 Å². The summed E-state index contributed by atoms with van der Waals surface area (Å²) in [5, 5.41) is 12.2. The number of rotatable bonds is 7. The molecule has 2 aliphatic carbocycles. The van der Waals surface area contributed by atoms with Crippen molar-refractivity contribution >= 4 is 18.0 Å². The van der Waals surface area contributed by atoms with Gasteiger partial charge in [0.25, 0.3) is 0 Å². The second-order valence-electron chi connectivity index (χ2n) is 10.1. The quantitative estimate of drug-likeness (QED) is 0.604. The Morgan fingerprint density at radius 2 is 1.69 bits per heavy atom. The topological polar surface area (TPSA) is 95.9 Å². The molecule has 4 rings (SSSR count). The van der Waals surface area contributed by atoms with Crippen LogP contribution < -0.4 is 5.32 Å². The lowest BCUT2D eigenvalue weighted by molar-refractivity contribution is -0.147. The number of ether oxygens (including phenoxy) is 1. The Morgan fingerprint density at radius 3 is 2.29 bits per heavy atom. The number of alkyl carbamates (subject to hydrolysis) is 1. The number of carboxylic acids is 1. The maximum absolute atomic E-state index is 13.4. The third-order valence-electron chi connectivity index (χ3n) is 7.65. The zero-order valence-corrected chi connectivity index (χ0v) is 20.6. The Hall–Kier alpha value is -3.35. The van der Waals surface area contributed by atoms with Gasteiger partial charge in [0, 0.05) is 25.6 Å². The van der Waals surface area contributed by atoms with Gasteiger partial charge in [0.05, 0.1) is 11.3 Å². The van der Waals surface area contributed by atoms with E-state index < -0.39 is 23.4 Å². The molecule has 1 saturated carbocycles. The third-order valence-corrected chi connectivity index (χ3v) is 7.65. The van der Waals surface area contributed by atoms with Gasteiger partial charge in [0.2, 0.25) is 5.91 Å². The zero-order chi connectivity index (χ0) is 25.2. The Balaban J connectivity index is 1.42. The maximum Gasteiger partial charge on any atom is 0.407 e.